The largest absolute Gasteiger partial charge is 0.464 e. The summed E-state index contributed by atoms with van der Waals surface area (Å²) in [5.41, 5.74) is 0. The molecule has 0 saturated carbocycles. The zero-order chi connectivity index (χ0) is 13.2. The Bertz CT molecular complexity index is 231. The molecule has 1 unspecified atom stereocenters. The maximum atomic E-state index is 11.1. The van der Waals surface area contributed by atoms with Crippen LogP contribution in [0, 0.1) is 0 Å². The molecular formula is C14H27NO3. The minimum Gasteiger partial charge on any atom is -0.464 e. The molecule has 1 atom stereocenters. The first kappa shape index (κ1) is 15.4. The molecule has 18 heavy (non-hydrogen) atoms. The quantitative estimate of drug-likeness (QED) is 0.494. The Labute approximate surface area is 111 Å². The molecule has 0 bridgehead atoms. The van der Waals surface area contributed by atoms with Gasteiger partial charge in [0.2, 0.25) is 0 Å². The smallest absolute Gasteiger partial charge is 0.332 e. The highest BCUT2D eigenvalue weighted by molar-refractivity contribution is 5.70. The molecule has 0 aromatic rings. The summed E-state index contributed by atoms with van der Waals surface area (Å²) in [6, 6.07) is 0.718. The first-order valence-corrected chi connectivity index (χ1v) is 7.25. The number of hydrogen-bond acceptors (Lipinski definition) is 4. The molecule has 1 aliphatic rings. The standard InChI is InChI=1S/C14H27NO3/c1-3-7-13-8-5-6-9-15(13)10-11-17-12-14(16)18-4-2/h13H,3-12H2,1-2H3. The fraction of sp³-hybridized carbons (Fsp3) is 0.929. The monoisotopic (exact) mass is 257 g/mol. The van der Waals surface area contributed by atoms with Crippen molar-refractivity contribution < 1.29 is 14.3 Å². The van der Waals surface area contributed by atoms with E-state index in [1.807, 2.05) is 0 Å². The molecule has 0 N–H and O–H groups in total. The molecule has 1 saturated heterocycles. The van der Waals surface area contributed by atoms with E-state index < -0.39 is 0 Å². The average Bonchev–Trinajstić information content (AvgIpc) is 2.37. The van der Waals surface area contributed by atoms with Crippen molar-refractivity contribution in [1.29, 1.82) is 0 Å². The Morgan fingerprint density at radius 2 is 2.17 bits per heavy atom. The molecule has 0 radical (unpaired) electrons. The lowest BCUT2D eigenvalue weighted by molar-refractivity contribution is -0.148. The predicted octanol–water partition coefficient (Wildman–Crippen LogP) is 2.22. The maximum Gasteiger partial charge on any atom is 0.332 e. The lowest BCUT2D eigenvalue weighted by atomic mass is 9.98. The summed E-state index contributed by atoms with van der Waals surface area (Å²) >= 11 is 0. The Hall–Kier alpha value is -0.610. The van der Waals surface area contributed by atoms with Crippen LogP contribution in [0.15, 0.2) is 0 Å². The number of likely N-dealkylation sites (tertiary alicyclic amines) is 1. The minimum atomic E-state index is -0.263. The number of piperidine rings is 1. The highest BCUT2D eigenvalue weighted by Gasteiger charge is 2.20. The number of rotatable bonds is 8. The van der Waals surface area contributed by atoms with Crippen molar-refractivity contribution in [3.63, 3.8) is 0 Å². The highest BCUT2D eigenvalue weighted by Crippen LogP contribution is 2.20. The summed E-state index contributed by atoms with van der Waals surface area (Å²) in [7, 11) is 0. The van der Waals surface area contributed by atoms with E-state index >= 15 is 0 Å². The van der Waals surface area contributed by atoms with Crippen molar-refractivity contribution in [3.05, 3.63) is 0 Å². The van der Waals surface area contributed by atoms with Gasteiger partial charge in [0.05, 0.1) is 13.2 Å². The van der Waals surface area contributed by atoms with Gasteiger partial charge in [-0.2, -0.15) is 0 Å². The first-order valence-electron chi connectivity index (χ1n) is 7.25. The molecule has 0 aromatic heterocycles. The van der Waals surface area contributed by atoms with Crippen molar-refractivity contribution in [2.75, 3.05) is 32.9 Å². The van der Waals surface area contributed by atoms with Crippen molar-refractivity contribution in [2.24, 2.45) is 0 Å². The summed E-state index contributed by atoms with van der Waals surface area (Å²) in [5, 5.41) is 0. The molecule has 1 rings (SSSR count). The van der Waals surface area contributed by atoms with Gasteiger partial charge in [0, 0.05) is 12.6 Å². The van der Waals surface area contributed by atoms with Gasteiger partial charge in [-0.3, -0.25) is 4.90 Å². The second kappa shape index (κ2) is 9.34. The second-order valence-electron chi connectivity index (χ2n) is 4.83. The fourth-order valence-electron chi connectivity index (χ4n) is 2.55. The van der Waals surface area contributed by atoms with Crippen LogP contribution in [0.1, 0.15) is 46.0 Å². The zero-order valence-corrected chi connectivity index (χ0v) is 11.8. The second-order valence-corrected chi connectivity index (χ2v) is 4.83. The molecule has 0 amide bonds. The van der Waals surface area contributed by atoms with Crippen molar-refractivity contribution in [3.8, 4) is 0 Å². The Morgan fingerprint density at radius 1 is 1.33 bits per heavy atom. The lowest BCUT2D eigenvalue weighted by Crippen LogP contribution is -2.41. The molecule has 0 aromatic carbocycles. The van der Waals surface area contributed by atoms with Gasteiger partial charge in [-0.15, -0.1) is 0 Å². The van der Waals surface area contributed by atoms with Crippen molar-refractivity contribution in [2.45, 2.75) is 52.0 Å². The highest BCUT2D eigenvalue weighted by atomic mass is 16.6. The third-order valence-electron chi connectivity index (χ3n) is 3.42. The van der Waals surface area contributed by atoms with Crippen LogP contribution in [0.2, 0.25) is 0 Å². The zero-order valence-electron chi connectivity index (χ0n) is 11.8. The van der Waals surface area contributed by atoms with E-state index in [0.717, 1.165) is 12.6 Å². The van der Waals surface area contributed by atoms with E-state index in [1.54, 1.807) is 6.92 Å². The van der Waals surface area contributed by atoms with Gasteiger partial charge in [0.25, 0.3) is 0 Å². The van der Waals surface area contributed by atoms with Crippen LogP contribution in [0.25, 0.3) is 0 Å². The van der Waals surface area contributed by atoms with E-state index in [0.29, 0.717) is 13.2 Å². The summed E-state index contributed by atoms with van der Waals surface area (Å²) in [6.45, 7) is 7.29. The minimum absolute atomic E-state index is 0.0835. The number of ether oxygens (including phenoxy) is 2. The molecule has 1 heterocycles. The van der Waals surface area contributed by atoms with Crippen LogP contribution >= 0.6 is 0 Å². The maximum absolute atomic E-state index is 11.1. The predicted molar refractivity (Wildman–Crippen MR) is 71.6 cm³/mol. The number of carbonyl (C=O) groups is 1. The topological polar surface area (TPSA) is 38.8 Å². The van der Waals surface area contributed by atoms with Crippen molar-refractivity contribution in [1.82, 2.24) is 4.90 Å². The van der Waals surface area contributed by atoms with E-state index in [4.69, 9.17) is 9.47 Å². The van der Waals surface area contributed by atoms with Gasteiger partial charge in [-0.05, 0) is 32.7 Å². The third-order valence-corrected chi connectivity index (χ3v) is 3.42. The van der Waals surface area contributed by atoms with Gasteiger partial charge in [-0.1, -0.05) is 19.8 Å². The summed E-state index contributed by atoms with van der Waals surface area (Å²) in [4.78, 5) is 13.6. The van der Waals surface area contributed by atoms with E-state index in [2.05, 4.69) is 11.8 Å². The van der Waals surface area contributed by atoms with Crippen LogP contribution in [-0.4, -0.2) is 49.8 Å². The van der Waals surface area contributed by atoms with Crippen molar-refractivity contribution >= 4 is 5.97 Å². The number of hydrogen-bond donors (Lipinski definition) is 0. The van der Waals surface area contributed by atoms with Crippen LogP contribution in [0.5, 0.6) is 0 Å². The summed E-state index contributed by atoms with van der Waals surface area (Å²) in [6.07, 6.45) is 6.47. The molecule has 0 aliphatic carbocycles. The first-order chi connectivity index (χ1) is 8.77. The number of carbonyl (C=O) groups excluding carboxylic acids is 1. The van der Waals surface area contributed by atoms with Crippen LogP contribution in [-0.2, 0) is 14.3 Å². The molecule has 1 aliphatic heterocycles. The van der Waals surface area contributed by atoms with Gasteiger partial charge in [-0.25, -0.2) is 4.79 Å². The average molecular weight is 257 g/mol. The van der Waals surface area contributed by atoms with Gasteiger partial charge >= 0.3 is 5.97 Å². The van der Waals surface area contributed by atoms with Gasteiger partial charge in [0.1, 0.15) is 6.61 Å². The Balaban J connectivity index is 2.14. The summed E-state index contributed by atoms with van der Waals surface area (Å²) in [5.74, 6) is -0.263. The fourth-order valence-corrected chi connectivity index (χ4v) is 2.55. The van der Waals surface area contributed by atoms with Gasteiger partial charge < -0.3 is 9.47 Å². The molecule has 4 nitrogen and oxygen atoms in total. The van der Waals surface area contributed by atoms with Gasteiger partial charge in [0.15, 0.2) is 0 Å². The Morgan fingerprint density at radius 3 is 2.89 bits per heavy atom. The number of nitrogens with zero attached hydrogens (tertiary/aromatic N) is 1. The van der Waals surface area contributed by atoms with E-state index in [1.165, 1.54) is 38.6 Å². The molecular weight excluding hydrogens is 230 g/mol. The SMILES string of the molecule is CCCC1CCCCN1CCOCC(=O)OCC. The molecule has 0 spiro atoms. The third kappa shape index (κ3) is 5.83. The molecule has 1 fully saturated rings. The van der Waals surface area contributed by atoms with E-state index in [-0.39, 0.29) is 12.6 Å². The van der Waals surface area contributed by atoms with Crippen LogP contribution < -0.4 is 0 Å². The molecule has 106 valence electrons. The van der Waals surface area contributed by atoms with Crippen LogP contribution in [0.4, 0.5) is 0 Å². The lowest BCUT2D eigenvalue weighted by Gasteiger charge is -2.35. The Kier molecular flexibility index (Phi) is 8.01. The normalized spacial score (nSPS) is 20.9. The molecule has 4 heteroatoms. The van der Waals surface area contributed by atoms with Crippen LogP contribution in [0.3, 0.4) is 0 Å². The van der Waals surface area contributed by atoms with E-state index in [9.17, 15) is 4.79 Å². The summed E-state index contributed by atoms with van der Waals surface area (Å²) < 4.78 is 10.2. The number of esters is 1.